The third-order valence-corrected chi connectivity index (χ3v) is 3.13. The first-order chi connectivity index (χ1) is 7.24. The molecule has 0 saturated heterocycles. The molecule has 1 aromatic heterocycles. The lowest BCUT2D eigenvalue weighted by Gasteiger charge is -2.31. The fourth-order valence-corrected chi connectivity index (χ4v) is 2.62. The van der Waals surface area contributed by atoms with Crippen molar-refractivity contribution in [2.75, 3.05) is 0 Å². The maximum absolute atomic E-state index is 4.70. The molecule has 1 saturated carbocycles. The first-order valence-electron chi connectivity index (χ1n) is 5.72. The van der Waals surface area contributed by atoms with Crippen molar-refractivity contribution < 1.29 is 4.52 Å². The fourth-order valence-electron chi connectivity index (χ4n) is 2.62. The SMILES string of the molecule is CC1CC(C)CC(NCc2ncon2)C1. The summed E-state index contributed by atoms with van der Waals surface area (Å²) >= 11 is 0. The zero-order valence-corrected chi connectivity index (χ0v) is 9.44. The highest BCUT2D eigenvalue weighted by molar-refractivity contribution is 4.83. The molecule has 15 heavy (non-hydrogen) atoms. The molecule has 0 bridgehead atoms. The Labute approximate surface area is 90.4 Å². The lowest BCUT2D eigenvalue weighted by atomic mass is 9.80. The maximum atomic E-state index is 4.70. The first kappa shape index (κ1) is 10.6. The third-order valence-electron chi connectivity index (χ3n) is 3.13. The van der Waals surface area contributed by atoms with Crippen LogP contribution in [0.4, 0.5) is 0 Å². The summed E-state index contributed by atoms with van der Waals surface area (Å²) in [7, 11) is 0. The lowest BCUT2D eigenvalue weighted by molar-refractivity contribution is 0.236. The second-order valence-electron chi connectivity index (χ2n) is 4.84. The summed E-state index contributed by atoms with van der Waals surface area (Å²) in [6, 6.07) is 0.613. The Morgan fingerprint density at radius 1 is 1.33 bits per heavy atom. The van der Waals surface area contributed by atoms with Crippen LogP contribution in [0.1, 0.15) is 38.9 Å². The van der Waals surface area contributed by atoms with Crippen molar-refractivity contribution in [3.05, 3.63) is 12.2 Å². The molecule has 1 aliphatic rings. The van der Waals surface area contributed by atoms with Gasteiger partial charge in [0.1, 0.15) is 0 Å². The first-order valence-corrected chi connectivity index (χ1v) is 5.72. The van der Waals surface area contributed by atoms with Gasteiger partial charge in [0.15, 0.2) is 5.82 Å². The molecule has 0 amide bonds. The largest absolute Gasteiger partial charge is 0.343 e. The van der Waals surface area contributed by atoms with Crippen molar-refractivity contribution in [3.63, 3.8) is 0 Å². The number of rotatable bonds is 3. The highest BCUT2D eigenvalue weighted by atomic mass is 16.5. The second-order valence-corrected chi connectivity index (χ2v) is 4.84. The highest BCUT2D eigenvalue weighted by Crippen LogP contribution is 2.28. The number of aromatic nitrogens is 2. The fraction of sp³-hybridized carbons (Fsp3) is 0.818. The molecular weight excluding hydrogens is 190 g/mol. The standard InChI is InChI=1S/C11H19N3O/c1-8-3-9(2)5-10(4-8)12-6-11-13-7-15-14-11/h7-10,12H,3-6H2,1-2H3. The van der Waals surface area contributed by atoms with Gasteiger partial charge < -0.3 is 9.84 Å². The summed E-state index contributed by atoms with van der Waals surface area (Å²) in [4.78, 5) is 4.00. The van der Waals surface area contributed by atoms with Crippen LogP contribution >= 0.6 is 0 Å². The van der Waals surface area contributed by atoms with Crippen molar-refractivity contribution in [1.29, 1.82) is 0 Å². The van der Waals surface area contributed by atoms with Crippen LogP contribution in [0.3, 0.4) is 0 Å². The number of nitrogens with one attached hydrogen (secondary N) is 1. The van der Waals surface area contributed by atoms with E-state index in [4.69, 9.17) is 4.52 Å². The summed E-state index contributed by atoms with van der Waals surface area (Å²) in [5.41, 5.74) is 0. The molecule has 0 aromatic carbocycles. The van der Waals surface area contributed by atoms with Crippen molar-refractivity contribution in [3.8, 4) is 0 Å². The van der Waals surface area contributed by atoms with Crippen LogP contribution in [0.25, 0.3) is 0 Å². The minimum absolute atomic E-state index is 0.613. The smallest absolute Gasteiger partial charge is 0.213 e. The van der Waals surface area contributed by atoms with E-state index in [1.54, 1.807) is 0 Å². The van der Waals surface area contributed by atoms with Gasteiger partial charge in [-0.3, -0.25) is 0 Å². The van der Waals surface area contributed by atoms with Crippen molar-refractivity contribution in [1.82, 2.24) is 15.5 Å². The quantitative estimate of drug-likeness (QED) is 0.827. The molecule has 1 aliphatic carbocycles. The van der Waals surface area contributed by atoms with Gasteiger partial charge in [0.05, 0.1) is 6.54 Å². The summed E-state index contributed by atoms with van der Waals surface area (Å²) in [6.45, 7) is 5.39. The molecule has 1 aromatic rings. The molecule has 2 rings (SSSR count). The molecule has 4 nitrogen and oxygen atoms in total. The Morgan fingerprint density at radius 3 is 2.67 bits per heavy atom. The molecule has 0 spiro atoms. The van der Waals surface area contributed by atoms with Gasteiger partial charge in [-0.2, -0.15) is 4.98 Å². The summed E-state index contributed by atoms with van der Waals surface area (Å²) in [5.74, 6) is 2.41. The molecule has 1 fully saturated rings. The molecule has 84 valence electrons. The van der Waals surface area contributed by atoms with E-state index in [0.29, 0.717) is 6.04 Å². The highest BCUT2D eigenvalue weighted by Gasteiger charge is 2.23. The van der Waals surface area contributed by atoms with Gasteiger partial charge in [0.25, 0.3) is 0 Å². The van der Waals surface area contributed by atoms with E-state index < -0.39 is 0 Å². The van der Waals surface area contributed by atoms with Crippen LogP contribution in [0, 0.1) is 11.8 Å². The van der Waals surface area contributed by atoms with E-state index in [0.717, 1.165) is 24.2 Å². The Morgan fingerprint density at radius 2 is 2.07 bits per heavy atom. The van der Waals surface area contributed by atoms with E-state index in [9.17, 15) is 0 Å². The summed E-state index contributed by atoms with van der Waals surface area (Å²) < 4.78 is 4.70. The van der Waals surface area contributed by atoms with E-state index >= 15 is 0 Å². The average molecular weight is 209 g/mol. The number of hydrogen-bond acceptors (Lipinski definition) is 4. The van der Waals surface area contributed by atoms with E-state index in [1.165, 1.54) is 25.7 Å². The average Bonchev–Trinajstić information content (AvgIpc) is 2.65. The predicted molar refractivity (Wildman–Crippen MR) is 57.1 cm³/mol. The second kappa shape index (κ2) is 4.75. The molecule has 1 heterocycles. The molecule has 2 atom stereocenters. The molecule has 1 N–H and O–H groups in total. The third kappa shape index (κ3) is 3.02. The zero-order chi connectivity index (χ0) is 10.7. The molecule has 2 unspecified atom stereocenters. The van der Waals surface area contributed by atoms with Crippen molar-refractivity contribution in [2.45, 2.75) is 45.7 Å². The van der Waals surface area contributed by atoms with Crippen LogP contribution < -0.4 is 5.32 Å². The van der Waals surface area contributed by atoms with Crippen molar-refractivity contribution >= 4 is 0 Å². The van der Waals surface area contributed by atoms with Gasteiger partial charge in [0.2, 0.25) is 6.39 Å². The van der Waals surface area contributed by atoms with Gasteiger partial charge in [-0.15, -0.1) is 0 Å². The summed E-state index contributed by atoms with van der Waals surface area (Å²) in [5, 5.41) is 7.29. The Bertz CT molecular complexity index is 276. The number of nitrogens with zero attached hydrogens (tertiary/aromatic N) is 2. The van der Waals surface area contributed by atoms with Gasteiger partial charge in [-0.1, -0.05) is 19.0 Å². The molecule has 4 heteroatoms. The Hall–Kier alpha value is -0.900. The maximum Gasteiger partial charge on any atom is 0.213 e. The van der Waals surface area contributed by atoms with Crippen molar-refractivity contribution in [2.24, 2.45) is 11.8 Å². The van der Waals surface area contributed by atoms with E-state index in [2.05, 4.69) is 29.3 Å². The molecule has 0 radical (unpaired) electrons. The monoisotopic (exact) mass is 209 g/mol. The minimum Gasteiger partial charge on any atom is -0.343 e. The van der Waals surface area contributed by atoms with Gasteiger partial charge in [0, 0.05) is 6.04 Å². The molecule has 0 aliphatic heterocycles. The van der Waals surface area contributed by atoms with Crippen LogP contribution in [0.2, 0.25) is 0 Å². The van der Waals surface area contributed by atoms with E-state index in [-0.39, 0.29) is 0 Å². The van der Waals surface area contributed by atoms with Gasteiger partial charge in [-0.05, 0) is 31.1 Å². The molecular formula is C11H19N3O. The van der Waals surface area contributed by atoms with Crippen LogP contribution in [0.15, 0.2) is 10.9 Å². The summed E-state index contributed by atoms with van der Waals surface area (Å²) in [6.07, 6.45) is 5.27. The topological polar surface area (TPSA) is 51.0 Å². The van der Waals surface area contributed by atoms with Gasteiger partial charge >= 0.3 is 0 Å². The Kier molecular flexibility index (Phi) is 3.36. The minimum atomic E-state index is 0.613. The lowest BCUT2D eigenvalue weighted by Crippen LogP contribution is -2.36. The zero-order valence-electron chi connectivity index (χ0n) is 9.44. The number of hydrogen-bond donors (Lipinski definition) is 1. The van der Waals surface area contributed by atoms with Crippen LogP contribution in [0.5, 0.6) is 0 Å². The Balaban J connectivity index is 1.79. The van der Waals surface area contributed by atoms with E-state index in [1.807, 2.05) is 0 Å². The van der Waals surface area contributed by atoms with Gasteiger partial charge in [-0.25, -0.2) is 0 Å². The van der Waals surface area contributed by atoms with Crippen LogP contribution in [-0.2, 0) is 6.54 Å². The predicted octanol–water partition coefficient (Wildman–Crippen LogP) is 1.98. The van der Waals surface area contributed by atoms with Crippen LogP contribution in [-0.4, -0.2) is 16.2 Å². The normalized spacial score (nSPS) is 31.7.